The molecule has 6 heteroatoms. The third kappa shape index (κ3) is 10.7. The number of nitrogens with zero attached hydrogens (tertiary/aromatic N) is 1. The second kappa shape index (κ2) is 11.0. The molecule has 0 saturated carbocycles. The van der Waals surface area contributed by atoms with Gasteiger partial charge in [0.05, 0.1) is 12.5 Å². The summed E-state index contributed by atoms with van der Waals surface area (Å²) in [7, 11) is 1.40. The molecule has 17 heavy (non-hydrogen) atoms. The quantitative estimate of drug-likeness (QED) is 0.451. The Labute approximate surface area is 124 Å². The largest absolute Gasteiger partial charge is 1.00 e. The average molecular weight is 255 g/mol. The number of aliphatic carboxylic acids is 1. The molecule has 0 aromatic carbocycles. The fourth-order valence-corrected chi connectivity index (χ4v) is 1.41. The van der Waals surface area contributed by atoms with E-state index < -0.39 is 18.7 Å². The summed E-state index contributed by atoms with van der Waals surface area (Å²) in [4.78, 5) is 22.6. The van der Waals surface area contributed by atoms with Gasteiger partial charge < -0.3 is 14.8 Å². The van der Waals surface area contributed by atoms with Gasteiger partial charge in [-0.05, 0) is 19.3 Å². The van der Waals surface area contributed by atoms with E-state index in [4.69, 9.17) is 0 Å². The Morgan fingerprint density at radius 3 is 2.41 bits per heavy atom. The predicted molar refractivity (Wildman–Crippen MR) is 56.3 cm³/mol. The first-order valence-electron chi connectivity index (χ1n) is 5.55. The van der Waals surface area contributed by atoms with Crippen LogP contribution in [0.4, 0.5) is 4.39 Å². The second-order valence-corrected chi connectivity index (χ2v) is 3.90. The summed E-state index contributed by atoms with van der Waals surface area (Å²) < 4.78 is 13.0. The fourth-order valence-electron chi connectivity index (χ4n) is 1.41. The van der Waals surface area contributed by atoms with Crippen LogP contribution in [0.1, 0.15) is 39.0 Å². The average Bonchev–Trinajstić information content (AvgIpc) is 2.16. The molecule has 4 nitrogen and oxygen atoms in total. The minimum atomic E-state index is -1.29. The summed E-state index contributed by atoms with van der Waals surface area (Å²) >= 11 is 0. The molecule has 0 N–H and O–H groups in total. The minimum absolute atomic E-state index is 0. The topological polar surface area (TPSA) is 60.4 Å². The Morgan fingerprint density at radius 1 is 1.35 bits per heavy atom. The molecule has 0 aromatic heterocycles. The number of amides is 1. The van der Waals surface area contributed by atoms with Gasteiger partial charge in [-0.25, -0.2) is 4.39 Å². The van der Waals surface area contributed by atoms with Crippen molar-refractivity contribution in [1.82, 2.24) is 4.90 Å². The summed E-state index contributed by atoms with van der Waals surface area (Å²) in [5.74, 6) is -1.57. The summed E-state index contributed by atoms with van der Waals surface area (Å²) in [5, 5.41) is 10.2. The van der Waals surface area contributed by atoms with Crippen molar-refractivity contribution >= 4 is 11.9 Å². The second-order valence-electron chi connectivity index (χ2n) is 3.90. The SMILES string of the molecule is CCCC(F)CCCC(=O)N(C)CC(=O)[O-].[Na+]. The molecule has 0 radical (unpaired) electrons. The molecule has 94 valence electrons. The zero-order valence-corrected chi connectivity index (χ0v) is 12.9. The maximum atomic E-state index is 13.0. The van der Waals surface area contributed by atoms with Crippen molar-refractivity contribution in [2.75, 3.05) is 13.6 Å². The number of carboxylic acid groups (broad SMARTS) is 1. The standard InChI is InChI=1S/C11H20FNO3.Na/c1-3-5-9(12)6-4-7-10(14)13(2)8-11(15)16;/h9H,3-8H2,1-2H3,(H,15,16);/q;+1/p-1. The molecule has 0 fully saturated rings. The Kier molecular flexibility index (Phi) is 12.4. The van der Waals surface area contributed by atoms with Crippen LogP contribution in [0.15, 0.2) is 0 Å². The van der Waals surface area contributed by atoms with Gasteiger partial charge in [0.2, 0.25) is 5.91 Å². The Bertz CT molecular complexity index is 239. The number of alkyl halides is 1. The molecular weight excluding hydrogens is 236 g/mol. The molecule has 0 aliphatic rings. The molecular formula is C11H19FNNaO3. The number of carbonyl (C=O) groups is 2. The third-order valence-corrected chi connectivity index (χ3v) is 2.30. The van der Waals surface area contributed by atoms with Gasteiger partial charge in [0.25, 0.3) is 0 Å². The normalized spacial score (nSPS) is 11.5. The van der Waals surface area contributed by atoms with Crippen LogP contribution in [0.5, 0.6) is 0 Å². The molecule has 0 heterocycles. The van der Waals surface area contributed by atoms with Crippen LogP contribution in [0.25, 0.3) is 0 Å². The molecule has 0 bridgehead atoms. The van der Waals surface area contributed by atoms with Crippen molar-refractivity contribution in [1.29, 1.82) is 0 Å². The number of likely N-dealkylation sites (N-methyl/N-ethyl adjacent to an activating group) is 1. The molecule has 0 aromatic rings. The predicted octanol–water partition coefficient (Wildman–Crippen LogP) is -2.49. The zero-order chi connectivity index (χ0) is 12.6. The number of carboxylic acids is 1. The minimum Gasteiger partial charge on any atom is -0.548 e. The molecule has 1 atom stereocenters. The van der Waals surface area contributed by atoms with E-state index in [9.17, 15) is 19.1 Å². The summed E-state index contributed by atoms with van der Waals surface area (Å²) in [6.45, 7) is 1.50. The molecule has 0 aliphatic heterocycles. The zero-order valence-electron chi connectivity index (χ0n) is 10.9. The van der Waals surface area contributed by atoms with E-state index in [0.29, 0.717) is 19.3 Å². The van der Waals surface area contributed by atoms with E-state index in [-0.39, 0.29) is 41.9 Å². The number of halogens is 1. The van der Waals surface area contributed by atoms with E-state index >= 15 is 0 Å². The monoisotopic (exact) mass is 255 g/mol. The number of rotatable bonds is 8. The molecule has 1 unspecified atom stereocenters. The smallest absolute Gasteiger partial charge is 0.548 e. The Balaban J connectivity index is 0. The maximum Gasteiger partial charge on any atom is 1.00 e. The van der Waals surface area contributed by atoms with E-state index in [2.05, 4.69) is 0 Å². The summed E-state index contributed by atoms with van der Waals surface area (Å²) in [6, 6.07) is 0. The van der Waals surface area contributed by atoms with Gasteiger partial charge in [0.1, 0.15) is 6.17 Å². The van der Waals surface area contributed by atoms with Crippen molar-refractivity contribution in [3.63, 3.8) is 0 Å². The van der Waals surface area contributed by atoms with Gasteiger partial charge in [0.15, 0.2) is 0 Å². The molecule has 0 saturated heterocycles. The van der Waals surface area contributed by atoms with Crippen LogP contribution in [-0.2, 0) is 9.59 Å². The van der Waals surface area contributed by atoms with Crippen molar-refractivity contribution < 1.29 is 48.6 Å². The van der Waals surface area contributed by atoms with Gasteiger partial charge in [-0.1, -0.05) is 13.3 Å². The molecule has 0 rings (SSSR count). The first-order valence-corrected chi connectivity index (χ1v) is 5.55. The Morgan fingerprint density at radius 2 is 1.94 bits per heavy atom. The van der Waals surface area contributed by atoms with Gasteiger partial charge in [-0.3, -0.25) is 4.79 Å². The Hall–Kier alpha value is -0.130. The number of hydrogen-bond donors (Lipinski definition) is 0. The third-order valence-electron chi connectivity index (χ3n) is 2.30. The number of carbonyl (C=O) groups excluding carboxylic acids is 2. The van der Waals surface area contributed by atoms with E-state index in [1.807, 2.05) is 6.92 Å². The molecule has 1 amide bonds. The van der Waals surface area contributed by atoms with Crippen molar-refractivity contribution in [2.24, 2.45) is 0 Å². The van der Waals surface area contributed by atoms with Gasteiger partial charge >= 0.3 is 29.6 Å². The van der Waals surface area contributed by atoms with Crippen molar-refractivity contribution in [2.45, 2.75) is 45.2 Å². The van der Waals surface area contributed by atoms with Crippen LogP contribution in [0.2, 0.25) is 0 Å². The van der Waals surface area contributed by atoms with E-state index in [1.54, 1.807) is 0 Å². The summed E-state index contributed by atoms with van der Waals surface area (Å²) in [6.07, 6.45) is 1.46. The maximum absolute atomic E-state index is 13.0. The van der Waals surface area contributed by atoms with E-state index in [0.717, 1.165) is 11.3 Å². The fraction of sp³-hybridized carbons (Fsp3) is 0.818. The number of hydrogen-bond acceptors (Lipinski definition) is 3. The van der Waals surface area contributed by atoms with Crippen LogP contribution in [0, 0.1) is 0 Å². The van der Waals surface area contributed by atoms with Crippen molar-refractivity contribution in [3.05, 3.63) is 0 Å². The van der Waals surface area contributed by atoms with Crippen LogP contribution < -0.4 is 34.7 Å². The molecule has 0 aliphatic carbocycles. The van der Waals surface area contributed by atoms with Gasteiger partial charge in [0, 0.05) is 13.5 Å². The summed E-state index contributed by atoms with van der Waals surface area (Å²) in [5.41, 5.74) is 0. The first-order chi connectivity index (χ1) is 7.47. The first kappa shape index (κ1) is 19.2. The van der Waals surface area contributed by atoms with Crippen LogP contribution >= 0.6 is 0 Å². The van der Waals surface area contributed by atoms with Crippen molar-refractivity contribution in [3.8, 4) is 0 Å². The van der Waals surface area contributed by atoms with Crippen LogP contribution in [-0.4, -0.2) is 36.5 Å². The molecule has 0 spiro atoms. The van der Waals surface area contributed by atoms with Crippen LogP contribution in [0.3, 0.4) is 0 Å². The van der Waals surface area contributed by atoms with Gasteiger partial charge in [-0.15, -0.1) is 0 Å². The van der Waals surface area contributed by atoms with E-state index in [1.165, 1.54) is 7.05 Å². The van der Waals surface area contributed by atoms with Gasteiger partial charge in [-0.2, -0.15) is 0 Å².